The molecule has 1 aliphatic rings. The monoisotopic (exact) mass is 456 g/mol. The van der Waals surface area contributed by atoms with Gasteiger partial charge < -0.3 is 19.4 Å². The Morgan fingerprint density at radius 2 is 1.76 bits per heavy atom. The summed E-state index contributed by atoms with van der Waals surface area (Å²) in [4.78, 5) is 11.2. The first-order chi connectivity index (χ1) is 16.2. The largest absolute Gasteiger partial charge is 0.494 e. The van der Waals surface area contributed by atoms with Crippen molar-refractivity contribution in [2.75, 3.05) is 6.61 Å². The fourth-order valence-corrected chi connectivity index (χ4v) is 4.41. The van der Waals surface area contributed by atoms with Gasteiger partial charge in [-0.2, -0.15) is 0 Å². The lowest BCUT2D eigenvalue weighted by Gasteiger charge is -2.25. The minimum absolute atomic E-state index is 0.137. The molecular weight excluding hydrogens is 432 g/mol. The third-order valence-corrected chi connectivity index (χ3v) is 5.98. The molecular formula is C26H24N4O2S. The third kappa shape index (κ3) is 4.45. The summed E-state index contributed by atoms with van der Waals surface area (Å²) in [5.41, 5.74) is 2.84. The first-order valence-corrected chi connectivity index (χ1v) is 11.3. The van der Waals surface area contributed by atoms with Crippen LogP contribution >= 0.6 is 12.2 Å². The molecule has 33 heavy (non-hydrogen) atoms. The molecule has 0 radical (unpaired) electrons. The van der Waals surface area contributed by atoms with E-state index in [4.69, 9.17) is 21.4 Å². The van der Waals surface area contributed by atoms with Gasteiger partial charge >= 0.3 is 0 Å². The average molecular weight is 457 g/mol. The Hall–Kier alpha value is -3.71. The van der Waals surface area contributed by atoms with Crippen molar-refractivity contribution in [3.8, 4) is 17.1 Å². The van der Waals surface area contributed by atoms with Gasteiger partial charge in [0.15, 0.2) is 5.11 Å². The van der Waals surface area contributed by atoms with Gasteiger partial charge in [-0.25, -0.2) is 0 Å². The van der Waals surface area contributed by atoms with Crippen molar-refractivity contribution < 1.29 is 9.15 Å². The van der Waals surface area contributed by atoms with E-state index < -0.39 is 0 Å². The molecule has 7 heteroatoms. The van der Waals surface area contributed by atoms with Crippen molar-refractivity contribution in [2.24, 2.45) is 0 Å². The maximum Gasteiger partial charge on any atom is 0.170 e. The van der Waals surface area contributed by atoms with E-state index in [1.807, 2.05) is 79.7 Å². The molecule has 0 aliphatic carbocycles. The SMILES string of the molecule is CCOc1ccc(-c2ccc(C3C(c4ccccn4)NC(=S)N3Cc3ccccn3)o2)cc1. The second-order valence-electron chi connectivity index (χ2n) is 7.73. The van der Waals surface area contributed by atoms with Crippen molar-refractivity contribution in [3.63, 3.8) is 0 Å². The molecule has 1 aromatic carbocycles. The molecule has 2 unspecified atom stereocenters. The highest BCUT2D eigenvalue weighted by Gasteiger charge is 2.41. The van der Waals surface area contributed by atoms with Gasteiger partial charge in [-0.1, -0.05) is 12.1 Å². The predicted molar refractivity (Wildman–Crippen MR) is 131 cm³/mol. The summed E-state index contributed by atoms with van der Waals surface area (Å²) in [6.07, 6.45) is 3.59. The number of ether oxygens (including phenoxy) is 1. The van der Waals surface area contributed by atoms with Gasteiger partial charge in [0.25, 0.3) is 0 Å². The summed E-state index contributed by atoms with van der Waals surface area (Å²) in [6, 6.07) is 23.4. The number of furan rings is 1. The number of hydrogen-bond acceptors (Lipinski definition) is 5. The van der Waals surface area contributed by atoms with Crippen LogP contribution in [0.4, 0.5) is 0 Å². The Kier molecular flexibility index (Phi) is 6.04. The molecule has 0 saturated carbocycles. The molecule has 4 aromatic rings. The Bertz CT molecular complexity index is 1210. The van der Waals surface area contributed by atoms with Gasteiger partial charge in [-0.05, 0) is 79.8 Å². The van der Waals surface area contributed by atoms with Crippen molar-refractivity contribution in [2.45, 2.75) is 25.6 Å². The molecule has 0 spiro atoms. The van der Waals surface area contributed by atoms with Gasteiger partial charge in [0.1, 0.15) is 23.3 Å². The normalized spacial score (nSPS) is 17.7. The van der Waals surface area contributed by atoms with E-state index in [2.05, 4.69) is 20.2 Å². The molecule has 4 heterocycles. The van der Waals surface area contributed by atoms with Crippen LogP contribution in [-0.4, -0.2) is 26.6 Å². The molecule has 1 N–H and O–H groups in total. The Labute approximate surface area is 198 Å². The Morgan fingerprint density at radius 3 is 2.45 bits per heavy atom. The zero-order valence-electron chi connectivity index (χ0n) is 18.2. The van der Waals surface area contributed by atoms with E-state index in [0.29, 0.717) is 18.3 Å². The fourth-order valence-electron chi connectivity index (χ4n) is 4.10. The van der Waals surface area contributed by atoms with Crippen LogP contribution in [0, 0.1) is 0 Å². The summed E-state index contributed by atoms with van der Waals surface area (Å²) in [6.45, 7) is 3.18. The number of rotatable bonds is 7. The van der Waals surface area contributed by atoms with Gasteiger partial charge in [0.2, 0.25) is 0 Å². The zero-order chi connectivity index (χ0) is 22.6. The number of aromatic nitrogens is 2. The molecule has 166 valence electrons. The topological polar surface area (TPSA) is 63.4 Å². The molecule has 3 aromatic heterocycles. The predicted octanol–water partition coefficient (Wildman–Crippen LogP) is 5.31. The number of hydrogen-bond donors (Lipinski definition) is 1. The van der Waals surface area contributed by atoms with Crippen molar-refractivity contribution in [1.29, 1.82) is 0 Å². The smallest absolute Gasteiger partial charge is 0.170 e. The molecule has 5 rings (SSSR count). The average Bonchev–Trinajstić information content (AvgIpc) is 3.46. The lowest BCUT2D eigenvalue weighted by atomic mass is 10.0. The Morgan fingerprint density at radius 1 is 0.970 bits per heavy atom. The highest BCUT2D eigenvalue weighted by molar-refractivity contribution is 7.80. The third-order valence-electron chi connectivity index (χ3n) is 5.62. The van der Waals surface area contributed by atoms with Crippen LogP contribution in [0.2, 0.25) is 0 Å². The standard InChI is InChI=1S/C26H24N4O2S/c1-2-31-20-11-9-18(10-12-20)22-13-14-23(32-22)25-24(21-8-4-6-16-28-21)29-26(33)30(25)17-19-7-3-5-15-27-19/h3-16,24-25H,2,17H2,1H3,(H,29,33). The van der Waals surface area contributed by atoms with Crippen LogP contribution in [0.25, 0.3) is 11.3 Å². The molecule has 1 aliphatic heterocycles. The van der Waals surface area contributed by atoms with E-state index in [-0.39, 0.29) is 12.1 Å². The summed E-state index contributed by atoms with van der Waals surface area (Å²) in [5, 5.41) is 4.10. The summed E-state index contributed by atoms with van der Waals surface area (Å²) in [7, 11) is 0. The molecule has 2 atom stereocenters. The zero-order valence-corrected chi connectivity index (χ0v) is 19.0. The molecule has 0 amide bonds. The molecule has 0 bridgehead atoms. The second kappa shape index (κ2) is 9.42. The first kappa shape index (κ1) is 21.2. The Balaban J connectivity index is 1.49. The van der Waals surface area contributed by atoms with Crippen LogP contribution < -0.4 is 10.1 Å². The lowest BCUT2D eigenvalue weighted by Crippen LogP contribution is -2.29. The van der Waals surface area contributed by atoms with Crippen molar-refractivity contribution in [3.05, 3.63) is 102 Å². The van der Waals surface area contributed by atoms with E-state index in [9.17, 15) is 0 Å². The van der Waals surface area contributed by atoms with Crippen LogP contribution in [0.15, 0.2) is 89.6 Å². The number of pyridine rings is 2. The van der Waals surface area contributed by atoms with Crippen LogP contribution in [-0.2, 0) is 6.54 Å². The number of benzene rings is 1. The molecule has 6 nitrogen and oxygen atoms in total. The van der Waals surface area contributed by atoms with E-state index in [1.54, 1.807) is 12.4 Å². The van der Waals surface area contributed by atoms with Crippen LogP contribution in [0.1, 0.15) is 36.2 Å². The summed E-state index contributed by atoms with van der Waals surface area (Å²) in [5.74, 6) is 2.45. The quantitative estimate of drug-likeness (QED) is 0.378. The van der Waals surface area contributed by atoms with Gasteiger partial charge in [-0.3, -0.25) is 9.97 Å². The highest BCUT2D eigenvalue weighted by Crippen LogP contribution is 2.41. The lowest BCUT2D eigenvalue weighted by molar-refractivity contribution is 0.267. The summed E-state index contributed by atoms with van der Waals surface area (Å²) < 4.78 is 11.9. The number of nitrogens with zero attached hydrogens (tertiary/aromatic N) is 3. The molecule has 1 fully saturated rings. The van der Waals surface area contributed by atoms with E-state index in [1.165, 1.54) is 0 Å². The van der Waals surface area contributed by atoms with Gasteiger partial charge in [0, 0.05) is 18.0 Å². The van der Waals surface area contributed by atoms with E-state index in [0.717, 1.165) is 34.2 Å². The molecule has 1 saturated heterocycles. The minimum atomic E-state index is -0.161. The van der Waals surface area contributed by atoms with Crippen LogP contribution in [0.3, 0.4) is 0 Å². The first-order valence-electron chi connectivity index (χ1n) is 10.9. The highest BCUT2D eigenvalue weighted by atomic mass is 32.1. The van der Waals surface area contributed by atoms with Crippen molar-refractivity contribution in [1.82, 2.24) is 20.2 Å². The van der Waals surface area contributed by atoms with E-state index >= 15 is 0 Å². The van der Waals surface area contributed by atoms with Gasteiger partial charge in [0.05, 0.1) is 30.6 Å². The second-order valence-corrected chi connectivity index (χ2v) is 8.12. The van der Waals surface area contributed by atoms with Gasteiger partial charge in [-0.15, -0.1) is 0 Å². The maximum atomic E-state index is 6.39. The van der Waals surface area contributed by atoms with Crippen LogP contribution in [0.5, 0.6) is 5.75 Å². The number of thiocarbonyl (C=S) groups is 1. The number of nitrogens with one attached hydrogen (secondary N) is 1. The fraction of sp³-hybridized carbons (Fsp3) is 0.192. The maximum absolute atomic E-state index is 6.39. The summed E-state index contributed by atoms with van der Waals surface area (Å²) >= 11 is 5.74. The van der Waals surface area contributed by atoms with Crippen molar-refractivity contribution >= 4 is 17.3 Å². The minimum Gasteiger partial charge on any atom is -0.494 e.